The first-order chi connectivity index (χ1) is 12.1. The summed E-state index contributed by atoms with van der Waals surface area (Å²) in [6.45, 7) is 0. The van der Waals surface area contributed by atoms with Crippen LogP contribution in [-0.2, 0) is 4.79 Å². The Morgan fingerprint density at radius 2 is 1.32 bits per heavy atom. The van der Waals surface area contributed by atoms with Gasteiger partial charge < -0.3 is 14.6 Å². The summed E-state index contributed by atoms with van der Waals surface area (Å²) >= 11 is 5.84. The molecule has 0 spiro atoms. The maximum Gasteiger partial charge on any atom is 0.349 e. The van der Waals surface area contributed by atoms with Crippen molar-refractivity contribution in [2.75, 3.05) is 0 Å². The lowest BCUT2D eigenvalue weighted by Crippen LogP contribution is -2.18. The summed E-state index contributed by atoms with van der Waals surface area (Å²) in [7, 11) is 0. The molecule has 5 heteroatoms. The van der Waals surface area contributed by atoms with E-state index >= 15 is 0 Å². The molecule has 25 heavy (non-hydrogen) atoms. The third-order valence-electron chi connectivity index (χ3n) is 3.45. The molecular weight excluding hydrogens is 340 g/mol. The molecule has 126 valence electrons. The molecule has 3 aromatic rings. The molecule has 0 heterocycles. The van der Waals surface area contributed by atoms with E-state index in [-0.39, 0.29) is 0 Å². The van der Waals surface area contributed by atoms with Gasteiger partial charge in [-0.2, -0.15) is 0 Å². The Kier molecular flexibility index (Phi) is 5.21. The maximum atomic E-state index is 11.5. The minimum absolute atomic E-state index is 0.444. The zero-order chi connectivity index (χ0) is 17.6. The molecule has 1 atom stereocenters. The Hall–Kier alpha value is -2.98. The van der Waals surface area contributed by atoms with E-state index in [0.29, 0.717) is 27.8 Å². The van der Waals surface area contributed by atoms with E-state index in [9.17, 15) is 9.90 Å². The highest BCUT2D eigenvalue weighted by Crippen LogP contribution is 2.27. The molecular formula is C20H15ClO4. The fourth-order valence-corrected chi connectivity index (χ4v) is 2.38. The lowest BCUT2D eigenvalue weighted by atomic mass is 10.1. The Labute approximate surface area is 150 Å². The minimum Gasteiger partial charge on any atom is -0.478 e. The molecule has 0 fully saturated rings. The molecule has 0 saturated heterocycles. The zero-order valence-electron chi connectivity index (χ0n) is 13.1. The van der Waals surface area contributed by atoms with Crippen LogP contribution < -0.4 is 9.47 Å². The van der Waals surface area contributed by atoms with Crippen LogP contribution in [0.3, 0.4) is 0 Å². The lowest BCUT2D eigenvalue weighted by molar-refractivity contribution is -0.145. The Balaban J connectivity index is 1.71. The third-order valence-corrected chi connectivity index (χ3v) is 3.71. The van der Waals surface area contributed by atoms with E-state index in [1.54, 1.807) is 72.8 Å². The number of carboxylic acids is 1. The van der Waals surface area contributed by atoms with E-state index in [1.807, 2.05) is 6.07 Å². The van der Waals surface area contributed by atoms with Gasteiger partial charge >= 0.3 is 5.97 Å². The van der Waals surface area contributed by atoms with E-state index < -0.39 is 12.1 Å². The van der Waals surface area contributed by atoms with Crippen molar-refractivity contribution in [2.45, 2.75) is 6.10 Å². The summed E-state index contributed by atoms with van der Waals surface area (Å²) in [6.07, 6.45) is -1.07. The number of ether oxygens (including phenoxy) is 2. The van der Waals surface area contributed by atoms with Crippen LogP contribution in [0.2, 0.25) is 5.02 Å². The fourth-order valence-electron chi connectivity index (χ4n) is 2.25. The summed E-state index contributed by atoms with van der Waals surface area (Å²) in [5.74, 6) is 0.666. The van der Waals surface area contributed by atoms with E-state index in [1.165, 1.54) is 0 Å². The number of carboxylic acid groups (broad SMARTS) is 1. The fraction of sp³-hybridized carbons (Fsp3) is 0.0500. The van der Waals surface area contributed by atoms with Crippen molar-refractivity contribution >= 4 is 17.6 Å². The molecule has 3 rings (SSSR count). The van der Waals surface area contributed by atoms with Gasteiger partial charge in [-0.3, -0.25) is 0 Å². The molecule has 0 aliphatic heterocycles. The second-order valence-corrected chi connectivity index (χ2v) is 5.71. The number of halogens is 1. The van der Waals surface area contributed by atoms with Gasteiger partial charge in [-0.05, 0) is 48.5 Å². The molecule has 0 aliphatic carbocycles. The minimum atomic E-state index is -1.07. The van der Waals surface area contributed by atoms with Crippen molar-refractivity contribution in [1.82, 2.24) is 0 Å². The SMILES string of the molecule is O=C(O)C(Oc1ccc(Oc2ccc(Cl)cc2)cc1)c1ccccc1. The number of hydrogen-bond donors (Lipinski definition) is 1. The van der Waals surface area contributed by atoms with Crippen LogP contribution in [0, 0.1) is 0 Å². The number of hydrogen-bond acceptors (Lipinski definition) is 3. The first kappa shape index (κ1) is 16.9. The summed E-state index contributed by atoms with van der Waals surface area (Å²) in [5, 5.41) is 10.0. The van der Waals surface area contributed by atoms with Gasteiger partial charge in [0, 0.05) is 10.6 Å². The molecule has 0 bridgehead atoms. The van der Waals surface area contributed by atoms with E-state index in [0.717, 1.165) is 0 Å². The standard InChI is InChI=1S/C20H15ClO4/c21-15-6-8-16(9-7-15)24-17-10-12-18(13-11-17)25-19(20(22)23)14-4-2-1-3-5-14/h1-13,19H,(H,22,23). The summed E-state index contributed by atoms with van der Waals surface area (Å²) in [4.78, 5) is 11.5. The molecule has 0 amide bonds. The molecule has 0 aromatic heterocycles. The third kappa shape index (κ3) is 4.52. The second kappa shape index (κ2) is 7.73. The van der Waals surface area contributed by atoms with Crippen LogP contribution in [0.25, 0.3) is 0 Å². The highest BCUT2D eigenvalue weighted by molar-refractivity contribution is 6.30. The van der Waals surface area contributed by atoms with Gasteiger partial charge in [-0.15, -0.1) is 0 Å². The van der Waals surface area contributed by atoms with Gasteiger partial charge in [-0.25, -0.2) is 4.79 Å². The first-order valence-corrected chi connectivity index (χ1v) is 7.97. The molecule has 0 saturated carbocycles. The normalized spacial score (nSPS) is 11.6. The van der Waals surface area contributed by atoms with Gasteiger partial charge in [0.05, 0.1) is 0 Å². The topological polar surface area (TPSA) is 55.8 Å². The van der Waals surface area contributed by atoms with Crippen LogP contribution >= 0.6 is 11.6 Å². The second-order valence-electron chi connectivity index (χ2n) is 5.27. The van der Waals surface area contributed by atoms with Gasteiger partial charge in [0.15, 0.2) is 0 Å². The smallest absolute Gasteiger partial charge is 0.349 e. The summed E-state index contributed by atoms with van der Waals surface area (Å²) < 4.78 is 11.3. The van der Waals surface area contributed by atoms with Crippen molar-refractivity contribution in [3.8, 4) is 17.2 Å². The average molecular weight is 355 g/mol. The quantitative estimate of drug-likeness (QED) is 0.649. The van der Waals surface area contributed by atoms with Gasteiger partial charge in [-0.1, -0.05) is 41.9 Å². The van der Waals surface area contributed by atoms with Crippen LogP contribution in [0.15, 0.2) is 78.9 Å². The van der Waals surface area contributed by atoms with Gasteiger partial charge in [0.2, 0.25) is 6.10 Å². The molecule has 3 aromatic carbocycles. The highest BCUT2D eigenvalue weighted by Gasteiger charge is 2.21. The highest BCUT2D eigenvalue weighted by atomic mass is 35.5. The largest absolute Gasteiger partial charge is 0.478 e. The first-order valence-electron chi connectivity index (χ1n) is 7.60. The predicted molar refractivity (Wildman–Crippen MR) is 95.4 cm³/mol. The monoisotopic (exact) mass is 354 g/mol. The van der Waals surface area contributed by atoms with Crippen LogP contribution in [-0.4, -0.2) is 11.1 Å². The molecule has 1 unspecified atom stereocenters. The molecule has 4 nitrogen and oxygen atoms in total. The van der Waals surface area contributed by atoms with E-state index in [2.05, 4.69) is 0 Å². The van der Waals surface area contributed by atoms with Crippen molar-refractivity contribution in [2.24, 2.45) is 0 Å². The van der Waals surface area contributed by atoms with E-state index in [4.69, 9.17) is 21.1 Å². The summed E-state index contributed by atoms with van der Waals surface area (Å²) in [6, 6.07) is 22.6. The van der Waals surface area contributed by atoms with Crippen molar-refractivity contribution < 1.29 is 19.4 Å². The summed E-state index contributed by atoms with van der Waals surface area (Å²) in [5.41, 5.74) is 0.580. The molecule has 0 aliphatic rings. The zero-order valence-corrected chi connectivity index (χ0v) is 13.9. The lowest BCUT2D eigenvalue weighted by Gasteiger charge is -2.15. The van der Waals surface area contributed by atoms with Gasteiger partial charge in [0.25, 0.3) is 0 Å². The number of benzene rings is 3. The Bertz CT molecular complexity index is 830. The van der Waals surface area contributed by atoms with Crippen LogP contribution in [0.5, 0.6) is 17.2 Å². The van der Waals surface area contributed by atoms with Gasteiger partial charge in [0.1, 0.15) is 17.2 Å². The Morgan fingerprint density at radius 1 is 0.800 bits per heavy atom. The number of aliphatic carboxylic acids is 1. The van der Waals surface area contributed by atoms with Crippen LogP contribution in [0.4, 0.5) is 0 Å². The molecule has 1 N–H and O–H groups in total. The Morgan fingerprint density at radius 3 is 1.88 bits per heavy atom. The van der Waals surface area contributed by atoms with Crippen LogP contribution in [0.1, 0.15) is 11.7 Å². The van der Waals surface area contributed by atoms with Crippen molar-refractivity contribution in [3.63, 3.8) is 0 Å². The average Bonchev–Trinajstić information content (AvgIpc) is 2.63. The molecule has 0 radical (unpaired) electrons. The predicted octanol–water partition coefficient (Wildman–Crippen LogP) is 5.34. The number of rotatable bonds is 6. The van der Waals surface area contributed by atoms with Crippen molar-refractivity contribution in [3.05, 3.63) is 89.4 Å². The maximum absolute atomic E-state index is 11.5. The number of carbonyl (C=O) groups is 1. The van der Waals surface area contributed by atoms with Crippen molar-refractivity contribution in [1.29, 1.82) is 0 Å².